The summed E-state index contributed by atoms with van der Waals surface area (Å²) in [5, 5.41) is 5.72. The van der Waals surface area contributed by atoms with Gasteiger partial charge in [0.1, 0.15) is 10.8 Å². The van der Waals surface area contributed by atoms with Gasteiger partial charge in [-0.3, -0.25) is 4.79 Å². The Morgan fingerprint density at radius 1 is 1.25 bits per heavy atom. The number of nitrogens with zero attached hydrogens (tertiary/aromatic N) is 1. The molecule has 0 unspecified atom stereocenters. The largest absolute Gasteiger partial charge is 0.467 e. The highest BCUT2D eigenvalue weighted by Crippen LogP contribution is 2.28. The zero-order valence-corrected chi connectivity index (χ0v) is 14.1. The molecule has 0 saturated heterocycles. The quantitative estimate of drug-likeness (QED) is 0.771. The Morgan fingerprint density at radius 2 is 2.17 bits per heavy atom. The number of hydrogen-bond acceptors (Lipinski definition) is 4. The van der Waals surface area contributed by atoms with Crippen molar-refractivity contribution in [1.82, 2.24) is 10.3 Å². The zero-order valence-electron chi connectivity index (χ0n) is 13.2. The Hall–Kier alpha value is -2.40. The van der Waals surface area contributed by atoms with Crippen LogP contribution in [0.3, 0.4) is 0 Å². The number of carbonyl (C=O) groups excluding carboxylic acids is 1. The van der Waals surface area contributed by atoms with E-state index in [0.29, 0.717) is 13.0 Å². The fourth-order valence-corrected chi connectivity index (χ4v) is 3.86. The van der Waals surface area contributed by atoms with Crippen LogP contribution in [0.5, 0.6) is 0 Å². The first-order chi connectivity index (χ1) is 11.8. The predicted octanol–water partition coefficient (Wildman–Crippen LogP) is 3.75. The summed E-state index contributed by atoms with van der Waals surface area (Å²) in [6, 6.07) is 10.3. The van der Waals surface area contributed by atoms with E-state index >= 15 is 0 Å². The molecule has 4 rings (SSSR count). The summed E-state index contributed by atoms with van der Waals surface area (Å²) < 4.78 is 5.20. The number of amides is 1. The number of furan rings is 1. The highest BCUT2D eigenvalue weighted by Gasteiger charge is 2.14. The molecule has 4 nitrogen and oxygen atoms in total. The van der Waals surface area contributed by atoms with Gasteiger partial charge in [-0.1, -0.05) is 12.1 Å². The van der Waals surface area contributed by atoms with Crippen molar-refractivity contribution in [2.45, 2.75) is 32.2 Å². The Bertz CT molecular complexity index is 852. The third-order valence-electron chi connectivity index (χ3n) is 4.30. The molecule has 1 N–H and O–H groups in total. The van der Waals surface area contributed by atoms with E-state index in [9.17, 15) is 4.79 Å². The van der Waals surface area contributed by atoms with Gasteiger partial charge in [0, 0.05) is 10.9 Å². The van der Waals surface area contributed by atoms with Crippen molar-refractivity contribution in [2.24, 2.45) is 0 Å². The SMILES string of the molecule is O=C(Cc1nc(-c2ccc3c(c2)CCC3)cs1)NCc1ccco1. The lowest BCUT2D eigenvalue weighted by Crippen LogP contribution is -2.24. The van der Waals surface area contributed by atoms with Gasteiger partial charge in [-0.05, 0) is 48.6 Å². The van der Waals surface area contributed by atoms with Crippen LogP contribution in [0, 0.1) is 0 Å². The van der Waals surface area contributed by atoms with Crippen LogP contribution in [0.4, 0.5) is 0 Å². The standard InChI is InChI=1S/C19H18N2O2S/c22-18(20-11-16-5-2-8-23-16)10-19-21-17(12-24-19)15-7-6-13-3-1-4-14(13)9-15/h2,5-9,12H,1,3-4,10-11H2,(H,20,22). The smallest absolute Gasteiger partial charge is 0.227 e. The van der Waals surface area contributed by atoms with Crippen molar-refractivity contribution in [3.8, 4) is 11.3 Å². The number of nitrogens with one attached hydrogen (secondary N) is 1. The molecule has 2 aromatic heterocycles. The molecule has 1 aliphatic carbocycles. The molecule has 0 aliphatic heterocycles. The van der Waals surface area contributed by atoms with E-state index in [1.165, 1.54) is 35.3 Å². The molecule has 2 heterocycles. The molecule has 0 bridgehead atoms. The van der Waals surface area contributed by atoms with Crippen molar-refractivity contribution < 1.29 is 9.21 Å². The number of carbonyl (C=O) groups is 1. The molecule has 1 aromatic carbocycles. The minimum Gasteiger partial charge on any atom is -0.467 e. The van der Waals surface area contributed by atoms with E-state index in [2.05, 4.69) is 28.5 Å². The van der Waals surface area contributed by atoms with Gasteiger partial charge in [-0.25, -0.2) is 4.98 Å². The van der Waals surface area contributed by atoms with E-state index < -0.39 is 0 Å². The summed E-state index contributed by atoms with van der Waals surface area (Å²) in [5.74, 6) is 0.711. The summed E-state index contributed by atoms with van der Waals surface area (Å²) in [6.07, 6.45) is 5.50. The van der Waals surface area contributed by atoms with Crippen LogP contribution in [-0.4, -0.2) is 10.9 Å². The van der Waals surface area contributed by atoms with Crippen molar-refractivity contribution >= 4 is 17.2 Å². The number of aryl methyl sites for hydroxylation is 2. The normalized spacial score (nSPS) is 13.0. The molecular weight excluding hydrogens is 320 g/mol. The van der Waals surface area contributed by atoms with Gasteiger partial charge < -0.3 is 9.73 Å². The molecule has 0 fully saturated rings. The van der Waals surface area contributed by atoms with E-state index in [0.717, 1.165) is 28.4 Å². The van der Waals surface area contributed by atoms with Crippen LogP contribution in [0.25, 0.3) is 11.3 Å². The lowest BCUT2D eigenvalue weighted by Gasteiger charge is -2.02. The highest BCUT2D eigenvalue weighted by molar-refractivity contribution is 7.10. The second-order valence-corrected chi connectivity index (χ2v) is 6.94. The number of fused-ring (bicyclic) bond motifs is 1. The predicted molar refractivity (Wildman–Crippen MR) is 93.8 cm³/mol. The molecule has 24 heavy (non-hydrogen) atoms. The zero-order chi connectivity index (χ0) is 16.4. The maximum absolute atomic E-state index is 12.0. The van der Waals surface area contributed by atoms with E-state index in [1.807, 2.05) is 17.5 Å². The maximum atomic E-state index is 12.0. The molecule has 122 valence electrons. The number of hydrogen-bond donors (Lipinski definition) is 1. The van der Waals surface area contributed by atoms with Crippen LogP contribution in [-0.2, 0) is 30.6 Å². The summed E-state index contributed by atoms with van der Waals surface area (Å²) in [6.45, 7) is 0.412. The topological polar surface area (TPSA) is 55.1 Å². The molecule has 1 aliphatic rings. The molecule has 3 aromatic rings. The number of aromatic nitrogens is 1. The summed E-state index contributed by atoms with van der Waals surface area (Å²) >= 11 is 1.53. The van der Waals surface area contributed by atoms with Gasteiger partial charge in [0.25, 0.3) is 0 Å². The maximum Gasteiger partial charge on any atom is 0.227 e. The highest BCUT2D eigenvalue weighted by atomic mass is 32.1. The molecule has 0 radical (unpaired) electrons. The Kier molecular flexibility index (Phi) is 4.17. The molecule has 0 spiro atoms. The second-order valence-electron chi connectivity index (χ2n) is 6.00. The first-order valence-corrected chi connectivity index (χ1v) is 9.01. The van der Waals surface area contributed by atoms with Crippen molar-refractivity contribution in [1.29, 1.82) is 0 Å². The van der Waals surface area contributed by atoms with E-state index in [1.54, 1.807) is 6.26 Å². The molecule has 5 heteroatoms. The van der Waals surface area contributed by atoms with Crippen molar-refractivity contribution in [3.63, 3.8) is 0 Å². The van der Waals surface area contributed by atoms with Crippen molar-refractivity contribution in [3.05, 3.63) is 63.9 Å². The third kappa shape index (κ3) is 3.26. The second kappa shape index (κ2) is 6.61. The lowest BCUT2D eigenvalue weighted by molar-refractivity contribution is -0.120. The minimum atomic E-state index is -0.0405. The van der Waals surface area contributed by atoms with Gasteiger partial charge in [0.2, 0.25) is 5.91 Å². The first-order valence-electron chi connectivity index (χ1n) is 8.13. The fraction of sp³-hybridized carbons (Fsp3) is 0.263. The summed E-state index contributed by atoms with van der Waals surface area (Å²) in [5.41, 5.74) is 5.02. The fourth-order valence-electron chi connectivity index (χ4n) is 3.05. The van der Waals surface area contributed by atoms with Crippen LogP contribution in [0.15, 0.2) is 46.4 Å². The van der Waals surface area contributed by atoms with Crippen LogP contribution in [0.1, 0.15) is 28.3 Å². The van der Waals surface area contributed by atoms with Gasteiger partial charge in [-0.2, -0.15) is 0 Å². The Balaban J connectivity index is 1.40. The number of thiazole rings is 1. The number of benzene rings is 1. The third-order valence-corrected chi connectivity index (χ3v) is 5.15. The molecule has 0 saturated carbocycles. The first kappa shape index (κ1) is 15.1. The Labute approximate surface area is 144 Å². The molecular formula is C19H18N2O2S. The summed E-state index contributed by atoms with van der Waals surface area (Å²) in [4.78, 5) is 16.6. The van der Waals surface area contributed by atoms with Gasteiger partial charge >= 0.3 is 0 Å². The van der Waals surface area contributed by atoms with Gasteiger partial charge in [-0.15, -0.1) is 11.3 Å². The summed E-state index contributed by atoms with van der Waals surface area (Å²) in [7, 11) is 0. The molecule has 1 amide bonds. The van der Waals surface area contributed by atoms with E-state index in [-0.39, 0.29) is 5.91 Å². The molecule has 0 atom stereocenters. The van der Waals surface area contributed by atoms with Crippen LogP contribution < -0.4 is 5.32 Å². The van der Waals surface area contributed by atoms with Gasteiger partial charge in [0.15, 0.2) is 0 Å². The number of rotatable bonds is 5. The average Bonchev–Trinajstić information content (AvgIpc) is 3.33. The average molecular weight is 338 g/mol. The van der Waals surface area contributed by atoms with Crippen LogP contribution in [0.2, 0.25) is 0 Å². The van der Waals surface area contributed by atoms with Gasteiger partial charge in [0.05, 0.1) is 24.9 Å². The lowest BCUT2D eigenvalue weighted by atomic mass is 10.1. The van der Waals surface area contributed by atoms with E-state index in [4.69, 9.17) is 4.42 Å². The minimum absolute atomic E-state index is 0.0405. The van der Waals surface area contributed by atoms with Crippen LogP contribution >= 0.6 is 11.3 Å². The van der Waals surface area contributed by atoms with Crippen molar-refractivity contribution in [2.75, 3.05) is 0 Å². The Morgan fingerprint density at radius 3 is 3.04 bits per heavy atom. The monoisotopic (exact) mass is 338 g/mol.